The Labute approximate surface area is 135 Å². The number of rotatable bonds is 4. The van der Waals surface area contributed by atoms with Crippen molar-refractivity contribution in [3.8, 4) is 0 Å². The number of hydrogen-bond donors (Lipinski definition) is 1. The first-order chi connectivity index (χ1) is 10.6. The third-order valence-electron chi connectivity index (χ3n) is 3.94. The SMILES string of the molecule is CN(C)c1cc(CNC(=O)c2cc3c(s2)CCCC3)ccn1. The summed E-state index contributed by atoms with van der Waals surface area (Å²) in [5.74, 6) is 0.931. The molecule has 3 rings (SSSR count). The number of amides is 1. The van der Waals surface area contributed by atoms with E-state index in [-0.39, 0.29) is 5.91 Å². The molecule has 5 heteroatoms. The molecule has 2 aromatic heterocycles. The molecule has 0 saturated carbocycles. The number of carbonyl (C=O) groups excluding carboxylic acids is 1. The average molecular weight is 315 g/mol. The highest BCUT2D eigenvalue weighted by atomic mass is 32.1. The molecule has 0 bridgehead atoms. The molecule has 1 N–H and O–H groups in total. The Morgan fingerprint density at radius 3 is 2.91 bits per heavy atom. The van der Waals surface area contributed by atoms with Crippen molar-refractivity contribution >= 4 is 23.1 Å². The number of hydrogen-bond acceptors (Lipinski definition) is 4. The lowest BCUT2D eigenvalue weighted by molar-refractivity contribution is 0.0955. The van der Waals surface area contributed by atoms with Crippen LogP contribution in [-0.2, 0) is 19.4 Å². The first-order valence-electron chi connectivity index (χ1n) is 7.65. The van der Waals surface area contributed by atoms with E-state index in [1.54, 1.807) is 17.5 Å². The lowest BCUT2D eigenvalue weighted by atomic mass is 9.99. The fraction of sp³-hybridized carbons (Fsp3) is 0.412. The molecule has 0 spiro atoms. The third-order valence-corrected chi connectivity index (χ3v) is 5.18. The molecular weight excluding hydrogens is 294 g/mol. The molecule has 0 radical (unpaired) electrons. The van der Waals surface area contributed by atoms with Crippen LogP contribution in [0.4, 0.5) is 5.82 Å². The number of aromatic nitrogens is 1. The highest BCUT2D eigenvalue weighted by molar-refractivity contribution is 7.14. The van der Waals surface area contributed by atoms with Crippen LogP contribution in [0.15, 0.2) is 24.4 Å². The minimum atomic E-state index is 0.0302. The molecule has 1 amide bonds. The van der Waals surface area contributed by atoms with Gasteiger partial charge in [0.25, 0.3) is 5.91 Å². The topological polar surface area (TPSA) is 45.2 Å². The van der Waals surface area contributed by atoms with Crippen LogP contribution >= 0.6 is 11.3 Å². The predicted octanol–water partition coefficient (Wildman–Crippen LogP) is 3.02. The quantitative estimate of drug-likeness (QED) is 0.943. The fourth-order valence-electron chi connectivity index (χ4n) is 2.69. The number of thiophene rings is 1. The summed E-state index contributed by atoms with van der Waals surface area (Å²) in [5, 5.41) is 3.02. The first kappa shape index (κ1) is 15.0. The minimum Gasteiger partial charge on any atom is -0.363 e. The summed E-state index contributed by atoms with van der Waals surface area (Å²) in [6.07, 6.45) is 6.52. The van der Waals surface area contributed by atoms with Gasteiger partial charge in [-0.1, -0.05) is 0 Å². The highest BCUT2D eigenvalue weighted by Gasteiger charge is 2.17. The number of carbonyl (C=O) groups is 1. The summed E-state index contributed by atoms with van der Waals surface area (Å²) in [6.45, 7) is 0.532. The normalized spacial score (nSPS) is 13.5. The van der Waals surface area contributed by atoms with E-state index in [0.717, 1.165) is 29.1 Å². The van der Waals surface area contributed by atoms with Crippen LogP contribution in [0, 0.1) is 0 Å². The Morgan fingerprint density at radius 2 is 2.14 bits per heavy atom. The van der Waals surface area contributed by atoms with Crippen LogP contribution < -0.4 is 10.2 Å². The zero-order chi connectivity index (χ0) is 15.5. The number of pyridine rings is 1. The second-order valence-corrected chi connectivity index (χ2v) is 7.00. The summed E-state index contributed by atoms with van der Waals surface area (Å²) in [5.41, 5.74) is 2.44. The van der Waals surface area contributed by atoms with E-state index in [0.29, 0.717) is 6.54 Å². The van der Waals surface area contributed by atoms with Crippen LogP contribution in [0.1, 0.15) is 38.5 Å². The number of nitrogens with one attached hydrogen (secondary N) is 1. The van der Waals surface area contributed by atoms with Gasteiger partial charge in [-0.05, 0) is 55.0 Å². The van der Waals surface area contributed by atoms with E-state index >= 15 is 0 Å². The predicted molar refractivity (Wildman–Crippen MR) is 90.7 cm³/mol. The smallest absolute Gasteiger partial charge is 0.261 e. The third kappa shape index (κ3) is 3.30. The summed E-state index contributed by atoms with van der Waals surface area (Å²) in [6, 6.07) is 6.01. The maximum atomic E-state index is 12.3. The summed E-state index contributed by atoms with van der Waals surface area (Å²) < 4.78 is 0. The van der Waals surface area contributed by atoms with Crippen LogP contribution in [-0.4, -0.2) is 25.0 Å². The van der Waals surface area contributed by atoms with E-state index in [4.69, 9.17) is 0 Å². The Kier molecular flexibility index (Phi) is 4.43. The van der Waals surface area contributed by atoms with Crippen LogP contribution in [0.5, 0.6) is 0 Å². The molecule has 0 saturated heterocycles. The molecule has 0 atom stereocenters. The maximum absolute atomic E-state index is 12.3. The van der Waals surface area contributed by atoms with Gasteiger partial charge in [0.1, 0.15) is 5.82 Å². The summed E-state index contributed by atoms with van der Waals surface area (Å²) in [7, 11) is 3.92. The first-order valence-corrected chi connectivity index (χ1v) is 8.47. The van der Waals surface area contributed by atoms with Gasteiger partial charge in [-0.3, -0.25) is 4.79 Å². The monoisotopic (exact) mass is 315 g/mol. The lowest BCUT2D eigenvalue weighted by Crippen LogP contribution is -2.22. The molecule has 4 nitrogen and oxygen atoms in total. The molecule has 0 aromatic carbocycles. The summed E-state index contributed by atoms with van der Waals surface area (Å²) >= 11 is 1.65. The molecule has 0 aliphatic heterocycles. The van der Waals surface area contributed by atoms with Gasteiger partial charge in [-0.2, -0.15) is 0 Å². The van der Waals surface area contributed by atoms with Crippen molar-refractivity contribution in [2.75, 3.05) is 19.0 Å². The van der Waals surface area contributed by atoms with E-state index in [1.807, 2.05) is 31.1 Å². The lowest BCUT2D eigenvalue weighted by Gasteiger charge is -2.12. The standard InChI is InChI=1S/C17H21N3OS/c1-20(2)16-9-12(7-8-18-16)11-19-17(21)15-10-13-5-3-4-6-14(13)22-15/h7-10H,3-6,11H2,1-2H3,(H,19,21). The van der Waals surface area contributed by atoms with Crippen LogP contribution in [0.2, 0.25) is 0 Å². The van der Waals surface area contributed by atoms with E-state index < -0.39 is 0 Å². The Hall–Kier alpha value is -1.88. The second kappa shape index (κ2) is 6.48. The van der Waals surface area contributed by atoms with Gasteiger partial charge in [0.05, 0.1) is 4.88 Å². The number of nitrogens with zero attached hydrogens (tertiary/aromatic N) is 2. The molecule has 2 heterocycles. The molecule has 0 unspecified atom stereocenters. The van der Waals surface area contributed by atoms with Gasteiger partial charge in [-0.25, -0.2) is 4.98 Å². The molecule has 1 aliphatic rings. The van der Waals surface area contributed by atoms with Crippen molar-refractivity contribution in [3.05, 3.63) is 45.3 Å². The van der Waals surface area contributed by atoms with Crippen molar-refractivity contribution in [1.29, 1.82) is 0 Å². The summed E-state index contributed by atoms with van der Waals surface area (Å²) in [4.78, 5) is 20.8. The van der Waals surface area contributed by atoms with Gasteiger partial charge in [0, 0.05) is 31.7 Å². The maximum Gasteiger partial charge on any atom is 0.261 e. The Morgan fingerprint density at radius 1 is 1.32 bits per heavy atom. The zero-order valence-electron chi connectivity index (χ0n) is 13.1. The van der Waals surface area contributed by atoms with Crippen molar-refractivity contribution in [2.24, 2.45) is 0 Å². The second-order valence-electron chi connectivity index (χ2n) is 5.87. The van der Waals surface area contributed by atoms with Gasteiger partial charge in [-0.15, -0.1) is 11.3 Å². The van der Waals surface area contributed by atoms with Gasteiger partial charge in [0.2, 0.25) is 0 Å². The number of aryl methyl sites for hydroxylation is 2. The van der Waals surface area contributed by atoms with Crippen molar-refractivity contribution in [1.82, 2.24) is 10.3 Å². The van der Waals surface area contributed by atoms with Crippen molar-refractivity contribution in [2.45, 2.75) is 32.2 Å². The molecular formula is C17H21N3OS. The van der Waals surface area contributed by atoms with Gasteiger partial charge < -0.3 is 10.2 Å². The van der Waals surface area contributed by atoms with Gasteiger partial charge >= 0.3 is 0 Å². The van der Waals surface area contributed by atoms with Crippen molar-refractivity contribution < 1.29 is 4.79 Å². The van der Waals surface area contributed by atoms with Crippen LogP contribution in [0.3, 0.4) is 0 Å². The van der Waals surface area contributed by atoms with E-state index in [9.17, 15) is 4.79 Å². The number of anilines is 1. The largest absolute Gasteiger partial charge is 0.363 e. The van der Waals surface area contributed by atoms with Crippen LogP contribution in [0.25, 0.3) is 0 Å². The van der Waals surface area contributed by atoms with Gasteiger partial charge in [0.15, 0.2) is 0 Å². The fourth-order valence-corrected chi connectivity index (χ4v) is 3.86. The molecule has 2 aromatic rings. The van der Waals surface area contributed by atoms with E-state index in [1.165, 1.54) is 23.3 Å². The number of fused-ring (bicyclic) bond motifs is 1. The minimum absolute atomic E-state index is 0.0302. The van der Waals surface area contributed by atoms with Crippen molar-refractivity contribution in [3.63, 3.8) is 0 Å². The molecule has 22 heavy (non-hydrogen) atoms. The highest BCUT2D eigenvalue weighted by Crippen LogP contribution is 2.29. The molecule has 116 valence electrons. The zero-order valence-corrected chi connectivity index (χ0v) is 13.9. The van der Waals surface area contributed by atoms with E-state index in [2.05, 4.69) is 16.4 Å². The Balaban J connectivity index is 1.65. The average Bonchev–Trinajstić information content (AvgIpc) is 2.97. The Bertz CT molecular complexity index is 655. The molecule has 1 aliphatic carbocycles. The molecule has 0 fully saturated rings.